The van der Waals surface area contributed by atoms with Crippen LogP contribution in [0.1, 0.15) is 15.9 Å². The minimum absolute atomic E-state index is 0.101. The second-order valence-electron chi connectivity index (χ2n) is 5.66. The number of nitrogens with zero attached hydrogens (tertiary/aromatic N) is 2. The van der Waals surface area contributed by atoms with Crippen molar-refractivity contribution in [2.75, 3.05) is 11.9 Å². The average Bonchev–Trinajstić information content (AvgIpc) is 2.57. The first kappa shape index (κ1) is 15.0. The summed E-state index contributed by atoms with van der Waals surface area (Å²) < 4.78 is 1.46. The van der Waals surface area contributed by atoms with Gasteiger partial charge in [-0.3, -0.25) is 9.59 Å². The molecule has 1 heterocycles. The first-order chi connectivity index (χ1) is 11.0. The molecule has 0 atom stereocenters. The van der Waals surface area contributed by atoms with Crippen LogP contribution in [-0.2, 0) is 7.05 Å². The third-order valence-electron chi connectivity index (χ3n) is 4.10. The summed E-state index contributed by atoms with van der Waals surface area (Å²) in [6.07, 6.45) is 1.61. The monoisotopic (exact) mass is 306 g/mol. The zero-order chi connectivity index (χ0) is 16.6. The molecule has 3 rings (SSSR count). The van der Waals surface area contributed by atoms with Gasteiger partial charge in [0.2, 0.25) is 0 Å². The number of fused-ring (bicyclic) bond motifs is 1. The Balaban J connectivity index is 2.17. The molecule has 2 aromatic carbocycles. The molecule has 0 N–H and O–H groups in total. The van der Waals surface area contributed by atoms with Gasteiger partial charge in [-0.1, -0.05) is 36.4 Å². The van der Waals surface area contributed by atoms with Gasteiger partial charge in [-0.05, 0) is 24.6 Å². The Bertz CT molecular complexity index is 957. The van der Waals surface area contributed by atoms with Gasteiger partial charge < -0.3 is 9.47 Å². The molecule has 0 saturated carbocycles. The highest BCUT2D eigenvalue weighted by molar-refractivity contribution is 6.13. The van der Waals surface area contributed by atoms with Gasteiger partial charge in [0.25, 0.3) is 11.5 Å². The van der Waals surface area contributed by atoms with Gasteiger partial charge in [-0.25, -0.2) is 0 Å². The first-order valence-electron chi connectivity index (χ1n) is 7.43. The number of hydrogen-bond donors (Lipinski definition) is 0. The Morgan fingerprint density at radius 3 is 2.30 bits per heavy atom. The van der Waals surface area contributed by atoms with Gasteiger partial charge in [0, 0.05) is 36.8 Å². The number of hydrogen-bond acceptors (Lipinski definition) is 2. The topological polar surface area (TPSA) is 42.3 Å². The normalized spacial score (nSPS) is 10.7. The Kier molecular flexibility index (Phi) is 3.74. The molecule has 4 heteroatoms. The molecule has 3 aromatic rings. The predicted molar refractivity (Wildman–Crippen MR) is 93.1 cm³/mol. The van der Waals surface area contributed by atoms with E-state index in [-0.39, 0.29) is 11.5 Å². The molecule has 0 fully saturated rings. The van der Waals surface area contributed by atoms with Crippen LogP contribution in [0.4, 0.5) is 5.69 Å². The highest BCUT2D eigenvalue weighted by atomic mass is 16.2. The lowest BCUT2D eigenvalue weighted by Gasteiger charge is -2.20. The van der Waals surface area contributed by atoms with Crippen molar-refractivity contribution in [2.45, 2.75) is 6.92 Å². The second kappa shape index (κ2) is 5.72. The number of para-hydroxylation sites is 1. The van der Waals surface area contributed by atoms with Crippen molar-refractivity contribution < 1.29 is 4.79 Å². The van der Waals surface area contributed by atoms with Crippen molar-refractivity contribution in [3.8, 4) is 0 Å². The van der Waals surface area contributed by atoms with Crippen LogP contribution in [0.5, 0.6) is 0 Å². The first-order valence-corrected chi connectivity index (χ1v) is 7.43. The molecule has 0 unspecified atom stereocenters. The summed E-state index contributed by atoms with van der Waals surface area (Å²) in [5, 5.41) is 1.24. The highest BCUT2D eigenvalue weighted by Crippen LogP contribution is 2.22. The number of rotatable bonds is 2. The van der Waals surface area contributed by atoms with Crippen molar-refractivity contribution >= 4 is 22.4 Å². The molecule has 0 bridgehead atoms. The van der Waals surface area contributed by atoms with Crippen LogP contribution in [0.2, 0.25) is 0 Å². The van der Waals surface area contributed by atoms with Gasteiger partial charge in [0.15, 0.2) is 0 Å². The summed E-state index contributed by atoms with van der Waals surface area (Å²) in [5.41, 5.74) is 2.30. The molecule has 23 heavy (non-hydrogen) atoms. The summed E-state index contributed by atoms with van der Waals surface area (Å²) in [7, 11) is 3.42. The van der Waals surface area contributed by atoms with Crippen LogP contribution >= 0.6 is 0 Å². The molecule has 116 valence electrons. The van der Waals surface area contributed by atoms with Gasteiger partial charge in [-0.15, -0.1) is 0 Å². The fraction of sp³-hybridized carbons (Fsp3) is 0.158. The van der Waals surface area contributed by atoms with E-state index in [1.807, 2.05) is 49.4 Å². The summed E-state index contributed by atoms with van der Waals surface area (Å²) in [6.45, 7) is 1.97. The fourth-order valence-corrected chi connectivity index (χ4v) is 2.82. The Labute approximate surface area is 134 Å². The van der Waals surface area contributed by atoms with E-state index >= 15 is 0 Å². The summed E-state index contributed by atoms with van der Waals surface area (Å²) in [4.78, 5) is 26.8. The van der Waals surface area contributed by atoms with Gasteiger partial charge in [0.05, 0.1) is 5.56 Å². The molecule has 0 aliphatic carbocycles. The lowest BCUT2D eigenvalue weighted by atomic mass is 10.1. The zero-order valence-corrected chi connectivity index (χ0v) is 13.4. The number of carbonyl (C=O) groups is 1. The number of anilines is 1. The number of aryl methyl sites for hydroxylation is 2. The highest BCUT2D eigenvalue weighted by Gasteiger charge is 2.19. The molecule has 0 saturated heterocycles. The molecule has 0 spiro atoms. The van der Waals surface area contributed by atoms with E-state index in [0.29, 0.717) is 16.3 Å². The van der Waals surface area contributed by atoms with Crippen LogP contribution in [-0.4, -0.2) is 17.5 Å². The third-order valence-corrected chi connectivity index (χ3v) is 4.10. The van der Waals surface area contributed by atoms with E-state index in [2.05, 4.69) is 0 Å². The van der Waals surface area contributed by atoms with E-state index < -0.39 is 0 Å². The van der Waals surface area contributed by atoms with Crippen LogP contribution < -0.4 is 10.5 Å². The van der Waals surface area contributed by atoms with Gasteiger partial charge >= 0.3 is 0 Å². The largest absolute Gasteiger partial charge is 0.317 e. The quantitative estimate of drug-likeness (QED) is 0.730. The van der Waals surface area contributed by atoms with E-state index in [0.717, 1.165) is 11.3 Å². The van der Waals surface area contributed by atoms with Crippen LogP contribution in [0.25, 0.3) is 10.8 Å². The molecule has 1 amide bonds. The van der Waals surface area contributed by atoms with Crippen molar-refractivity contribution in [3.63, 3.8) is 0 Å². The van der Waals surface area contributed by atoms with Crippen LogP contribution in [0, 0.1) is 6.92 Å². The maximum atomic E-state index is 13.0. The second-order valence-corrected chi connectivity index (χ2v) is 5.66. The molecule has 0 aliphatic heterocycles. The van der Waals surface area contributed by atoms with E-state index in [1.165, 1.54) is 4.57 Å². The minimum atomic E-state index is -0.133. The number of benzene rings is 2. The summed E-state index contributed by atoms with van der Waals surface area (Å²) in [5.74, 6) is -0.133. The molecule has 4 nitrogen and oxygen atoms in total. The van der Waals surface area contributed by atoms with Gasteiger partial charge in [0.1, 0.15) is 0 Å². The number of carbonyl (C=O) groups excluding carboxylic acids is 1. The Hall–Kier alpha value is -2.88. The van der Waals surface area contributed by atoms with Crippen molar-refractivity contribution in [1.82, 2.24) is 4.57 Å². The SMILES string of the molecule is Cc1ccccc1N(C)C(=O)c1cn(C)c(=O)c2ccccc12. The van der Waals surface area contributed by atoms with Crippen molar-refractivity contribution in [3.05, 3.63) is 76.2 Å². The van der Waals surface area contributed by atoms with E-state index in [9.17, 15) is 9.59 Å². The average molecular weight is 306 g/mol. The van der Waals surface area contributed by atoms with E-state index in [1.54, 1.807) is 31.3 Å². The fourth-order valence-electron chi connectivity index (χ4n) is 2.82. The van der Waals surface area contributed by atoms with Crippen LogP contribution in [0.15, 0.2) is 59.5 Å². The lowest BCUT2D eigenvalue weighted by molar-refractivity contribution is 0.0993. The van der Waals surface area contributed by atoms with E-state index in [4.69, 9.17) is 0 Å². The number of amides is 1. The zero-order valence-electron chi connectivity index (χ0n) is 13.4. The Morgan fingerprint density at radius 2 is 1.61 bits per heavy atom. The molecular formula is C19H18N2O2. The predicted octanol–water partition coefficient (Wildman–Crippen LogP) is 3.12. The number of pyridine rings is 1. The standard InChI is InChI=1S/C19H18N2O2/c1-13-8-4-7-11-17(13)21(3)19(23)16-12-20(2)18(22)15-10-6-5-9-14(15)16/h4-12H,1-3H3. The lowest BCUT2D eigenvalue weighted by Crippen LogP contribution is -2.29. The number of aromatic nitrogens is 1. The van der Waals surface area contributed by atoms with Crippen LogP contribution in [0.3, 0.4) is 0 Å². The minimum Gasteiger partial charge on any atom is -0.317 e. The Morgan fingerprint density at radius 1 is 1.00 bits per heavy atom. The molecular weight excluding hydrogens is 288 g/mol. The van der Waals surface area contributed by atoms with Crippen molar-refractivity contribution in [2.24, 2.45) is 7.05 Å². The molecule has 0 aliphatic rings. The summed E-state index contributed by atoms with van der Waals surface area (Å²) in [6, 6.07) is 15.0. The summed E-state index contributed by atoms with van der Waals surface area (Å²) >= 11 is 0. The maximum Gasteiger partial charge on any atom is 0.260 e. The van der Waals surface area contributed by atoms with Gasteiger partial charge in [-0.2, -0.15) is 0 Å². The molecule has 0 radical (unpaired) electrons. The molecule has 1 aromatic heterocycles. The maximum absolute atomic E-state index is 13.0. The smallest absolute Gasteiger partial charge is 0.260 e. The third kappa shape index (κ3) is 2.52. The van der Waals surface area contributed by atoms with Crippen molar-refractivity contribution in [1.29, 1.82) is 0 Å².